The van der Waals surface area contributed by atoms with Crippen molar-refractivity contribution in [2.24, 2.45) is 0 Å². The Labute approximate surface area is 120 Å². The van der Waals surface area contributed by atoms with E-state index >= 15 is 0 Å². The average Bonchev–Trinajstić information content (AvgIpc) is 2.67. The number of benzene rings is 1. The lowest BCUT2D eigenvalue weighted by Crippen LogP contribution is -2.23. The Morgan fingerprint density at radius 2 is 1.89 bits per heavy atom. The summed E-state index contributed by atoms with van der Waals surface area (Å²) in [7, 11) is -3.53. The largest absolute Gasteiger partial charge is 0.361 e. The lowest BCUT2D eigenvalue weighted by Gasteiger charge is -2.06. The van der Waals surface area contributed by atoms with Crippen molar-refractivity contribution < 1.29 is 12.9 Å². The summed E-state index contributed by atoms with van der Waals surface area (Å²) in [5.41, 5.74) is 1.46. The summed E-state index contributed by atoms with van der Waals surface area (Å²) in [6.07, 6.45) is 0. The molecule has 0 atom stereocenters. The molecule has 0 amide bonds. The number of aryl methyl sites for hydroxylation is 2. The number of nitrogens with one attached hydrogen (secondary N) is 1. The Morgan fingerprint density at radius 1 is 1.26 bits per heavy atom. The highest BCUT2D eigenvalue weighted by molar-refractivity contribution is 9.10. The molecule has 19 heavy (non-hydrogen) atoms. The third-order valence-corrected chi connectivity index (χ3v) is 4.69. The minimum Gasteiger partial charge on any atom is -0.361 e. The van der Waals surface area contributed by atoms with E-state index in [1.165, 1.54) is 0 Å². The zero-order valence-corrected chi connectivity index (χ0v) is 12.9. The van der Waals surface area contributed by atoms with Crippen LogP contribution in [0.5, 0.6) is 0 Å². The highest BCUT2D eigenvalue weighted by Crippen LogP contribution is 2.16. The predicted octanol–water partition coefficient (Wildman–Crippen LogP) is 2.53. The van der Waals surface area contributed by atoms with E-state index in [0.29, 0.717) is 11.5 Å². The third kappa shape index (κ3) is 3.23. The third-order valence-electron chi connectivity index (χ3n) is 2.74. The van der Waals surface area contributed by atoms with Crippen LogP contribution < -0.4 is 4.72 Å². The lowest BCUT2D eigenvalue weighted by atomic mass is 10.2. The van der Waals surface area contributed by atoms with Gasteiger partial charge in [-0.2, -0.15) is 0 Å². The highest BCUT2D eigenvalue weighted by atomic mass is 79.9. The number of rotatable bonds is 4. The number of halogens is 1. The van der Waals surface area contributed by atoms with Crippen molar-refractivity contribution in [1.82, 2.24) is 9.88 Å². The standard InChI is InChI=1S/C12H13BrN2O3S/c1-8-12(9(2)18-15-8)7-14-19(16,17)11-5-3-10(13)4-6-11/h3-6,14H,7H2,1-2H3. The van der Waals surface area contributed by atoms with Crippen molar-refractivity contribution in [2.75, 3.05) is 0 Å². The van der Waals surface area contributed by atoms with Crippen molar-refractivity contribution in [2.45, 2.75) is 25.3 Å². The van der Waals surface area contributed by atoms with Gasteiger partial charge in [-0.15, -0.1) is 0 Å². The van der Waals surface area contributed by atoms with Crippen LogP contribution in [-0.2, 0) is 16.6 Å². The molecule has 0 spiro atoms. The van der Waals surface area contributed by atoms with Crippen molar-refractivity contribution in [3.05, 3.63) is 45.8 Å². The van der Waals surface area contributed by atoms with Crippen LogP contribution in [-0.4, -0.2) is 13.6 Å². The Bertz CT molecular complexity index is 658. The van der Waals surface area contributed by atoms with Gasteiger partial charge in [0.1, 0.15) is 5.76 Å². The fraction of sp³-hybridized carbons (Fsp3) is 0.250. The van der Waals surface area contributed by atoms with Crippen LogP contribution in [0.1, 0.15) is 17.0 Å². The first-order chi connectivity index (χ1) is 8.90. The fourth-order valence-electron chi connectivity index (χ4n) is 1.62. The van der Waals surface area contributed by atoms with Gasteiger partial charge in [0.2, 0.25) is 10.0 Å². The van der Waals surface area contributed by atoms with Gasteiger partial charge < -0.3 is 4.52 Å². The molecule has 0 radical (unpaired) electrons. The molecule has 0 unspecified atom stereocenters. The van der Waals surface area contributed by atoms with Gasteiger partial charge in [0.15, 0.2) is 0 Å². The lowest BCUT2D eigenvalue weighted by molar-refractivity contribution is 0.392. The molecule has 0 fully saturated rings. The SMILES string of the molecule is Cc1noc(C)c1CNS(=O)(=O)c1ccc(Br)cc1. The molecule has 0 saturated heterocycles. The molecule has 2 rings (SSSR count). The molecule has 0 aliphatic heterocycles. The predicted molar refractivity (Wildman–Crippen MR) is 74.1 cm³/mol. The van der Waals surface area contributed by atoms with Gasteiger partial charge in [0.25, 0.3) is 0 Å². The number of hydrogen-bond acceptors (Lipinski definition) is 4. The van der Waals surface area contributed by atoms with Gasteiger partial charge in [-0.1, -0.05) is 21.1 Å². The number of sulfonamides is 1. The highest BCUT2D eigenvalue weighted by Gasteiger charge is 2.16. The molecule has 0 aliphatic carbocycles. The molecule has 5 nitrogen and oxygen atoms in total. The molecule has 7 heteroatoms. The zero-order chi connectivity index (χ0) is 14.0. The first-order valence-electron chi connectivity index (χ1n) is 5.57. The summed E-state index contributed by atoms with van der Waals surface area (Å²) in [5.74, 6) is 0.621. The second-order valence-corrected chi connectivity index (χ2v) is 6.76. The maximum absolute atomic E-state index is 12.1. The first-order valence-corrected chi connectivity index (χ1v) is 7.85. The molecule has 0 bridgehead atoms. The van der Waals surface area contributed by atoms with E-state index in [0.717, 1.165) is 10.0 Å². The number of hydrogen-bond donors (Lipinski definition) is 1. The minimum atomic E-state index is -3.53. The Balaban J connectivity index is 2.16. The van der Waals surface area contributed by atoms with Gasteiger partial charge in [-0.05, 0) is 38.1 Å². The van der Waals surface area contributed by atoms with Crippen molar-refractivity contribution in [3.8, 4) is 0 Å². The topological polar surface area (TPSA) is 72.2 Å². The fourth-order valence-corrected chi connectivity index (χ4v) is 2.88. The average molecular weight is 345 g/mol. The van der Waals surface area contributed by atoms with Crippen molar-refractivity contribution in [1.29, 1.82) is 0 Å². The Kier molecular flexibility index (Phi) is 4.07. The normalized spacial score (nSPS) is 11.7. The molecule has 102 valence electrons. The summed E-state index contributed by atoms with van der Waals surface area (Å²) in [6, 6.07) is 6.45. The Hall–Kier alpha value is -1.18. The van der Waals surface area contributed by atoms with E-state index in [1.54, 1.807) is 38.1 Å². The summed E-state index contributed by atoms with van der Waals surface area (Å²) in [6.45, 7) is 3.70. The van der Waals surface area contributed by atoms with Crippen LogP contribution in [0.15, 0.2) is 38.2 Å². The van der Waals surface area contributed by atoms with E-state index in [2.05, 4.69) is 25.8 Å². The maximum atomic E-state index is 12.1. The molecule has 1 N–H and O–H groups in total. The van der Waals surface area contributed by atoms with Crippen LogP contribution in [0.4, 0.5) is 0 Å². The smallest absolute Gasteiger partial charge is 0.240 e. The van der Waals surface area contributed by atoms with E-state index in [1.807, 2.05) is 0 Å². The van der Waals surface area contributed by atoms with Gasteiger partial charge in [-0.3, -0.25) is 0 Å². The summed E-state index contributed by atoms with van der Waals surface area (Å²) >= 11 is 3.27. The summed E-state index contributed by atoms with van der Waals surface area (Å²) in [5, 5.41) is 3.79. The first kappa shape index (κ1) is 14.2. The monoisotopic (exact) mass is 344 g/mol. The van der Waals surface area contributed by atoms with Crippen LogP contribution in [0.2, 0.25) is 0 Å². The molecule has 1 heterocycles. The zero-order valence-electron chi connectivity index (χ0n) is 10.5. The van der Waals surface area contributed by atoms with Gasteiger partial charge in [0, 0.05) is 16.6 Å². The minimum absolute atomic E-state index is 0.166. The number of aromatic nitrogens is 1. The molecule has 1 aromatic heterocycles. The maximum Gasteiger partial charge on any atom is 0.240 e. The summed E-state index contributed by atoms with van der Waals surface area (Å²) in [4.78, 5) is 0.225. The van der Waals surface area contributed by atoms with Crippen molar-refractivity contribution >= 4 is 26.0 Å². The van der Waals surface area contributed by atoms with Crippen molar-refractivity contribution in [3.63, 3.8) is 0 Å². The molecular weight excluding hydrogens is 332 g/mol. The van der Waals surface area contributed by atoms with Crippen LogP contribution in [0.25, 0.3) is 0 Å². The van der Waals surface area contributed by atoms with Gasteiger partial charge >= 0.3 is 0 Å². The van der Waals surface area contributed by atoms with E-state index in [4.69, 9.17) is 4.52 Å². The van der Waals surface area contributed by atoms with Crippen LogP contribution >= 0.6 is 15.9 Å². The van der Waals surface area contributed by atoms with Gasteiger partial charge in [0.05, 0.1) is 10.6 Å². The number of nitrogens with zero attached hydrogens (tertiary/aromatic N) is 1. The van der Waals surface area contributed by atoms with Crippen LogP contribution in [0.3, 0.4) is 0 Å². The molecule has 1 aromatic carbocycles. The second kappa shape index (κ2) is 5.44. The molecule has 0 aliphatic rings. The van der Waals surface area contributed by atoms with E-state index < -0.39 is 10.0 Å². The van der Waals surface area contributed by atoms with Crippen LogP contribution in [0, 0.1) is 13.8 Å². The van der Waals surface area contributed by atoms with Gasteiger partial charge in [-0.25, -0.2) is 13.1 Å². The molecule has 0 saturated carbocycles. The van der Waals surface area contributed by atoms with E-state index in [9.17, 15) is 8.42 Å². The quantitative estimate of drug-likeness (QED) is 0.924. The molecule has 2 aromatic rings. The second-order valence-electron chi connectivity index (χ2n) is 4.08. The molecular formula is C12H13BrN2O3S. The summed E-state index contributed by atoms with van der Waals surface area (Å²) < 4.78 is 32.5. The van der Waals surface area contributed by atoms with E-state index in [-0.39, 0.29) is 11.4 Å². The Morgan fingerprint density at radius 3 is 2.42 bits per heavy atom.